The summed E-state index contributed by atoms with van der Waals surface area (Å²) in [5.41, 5.74) is 0.591. The smallest absolute Gasteiger partial charge is 0.355 e. The first-order valence-corrected chi connectivity index (χ1v) is 8.16. The number of esters is 3. The van der Waals surface area contributed by atoms with E-state index in [1.165, 1.54) is 26.2 Å². The Balaban J connectivity index is 2.70. The molecule has 0 fully saturated rings. The lowest BCUT2D eigenvalue weighted by Crippen LogP contribution is -2.40. The predicted octanol–water partition coefficient (Wildman–Crippen LogP) is 1.47. The number of carbonyl (C=O) groups excluding carboxylic acids is 3. The maximum Gasteiger partial charge on any atom is 0.355 e. The molecule has 0 unspecified atom stereocenters. The van der Waals surface area contributed by atoms with Crippen LogP contribution in [-0.4, -0.2) is 52.6 Å². The van der Waals surface area contributed by atoms with Crippen molar-refractivity contribution >= 4 is 46.2 Å². The number of benzene rings is 1. The fraction of sp³-hybridized carbons (Fsp3) is 0.312. The molecule has 0 saturated heterocycles. The first kappa shape index (κ1) is 19.2. The fourth-order valence-corrected chi connectivity index (χ4v) is 3.17. The molecule has 1 aromatic carbocycles. The van der Waals surface area contributed by atoms with E-state index in [0.717, 1.165) is 0 Å². The minimum absolute atomic E-state index is 0.0102. The highest BCUT2D eigenvalue weighted by Gasteiger charge is 2.35. The second-order valence-electron chi connectivity index (χ2n) is 4.84. The van der Waals surface area contributed by atoms with Gasteiger partial charge in [-0.2, -0.15) is 0 Å². The van der Waals surface area contributed by atoms with Crippen molar-refractivity contribution in [1.82, 2.24) is 0 Å². The number of anilines is 1. The molecular weight excluding hydrogens is 445 g/mol. The van der Waals surface area contributed by atoms with Crippen LogP contribution in [0.2, 0.25) is 0 Å². The van der Waals surface area contributed by atoms with Crippen LogP contribution < -0.4 is 4.90 Å². The van der Waals surface area contributed by atoms with Gasteiger partial charge in [-0.25, -0.2) is 14.4 Å². The van der Waals surface area contributed by atoms with Crippen LogP contribution in [0.5, 0.6) is 0 Å². The van der Waals surface area contributed by atoms with Crippen LogP contribution in [0.25, 0.3) is 0 Å². The molecule has 25 heavy (non-hydrogen) atoms. The van der Waals surface area contributed by atoms with Gasteiger partial charge in [0.05, 0.1) is 44.8 Å². The van der Waals surface area contributed by atoms with Gasteiger partial charge in [0, 0.05) is 3.57 Å². The lowest BCUT2D eigenvalue weighted by atomic mass is 10.1. The summed E-state index contributed by atoms with van der Waals surface area (Å²) in [5, 5.41) is 0. The second-order valence-corrected chi connectivity index (χ2v) is 6.01. The molecule has 134 valence electrons. The van der Waals surface area contributed by atoms with Crippen molar-refractivity contribution in [3.63, 3.8) is 0 Å². The molecule has 0 aromatic heterocycles. The number of methoxy groups -OCH3 is 3. The molecule has 0 amide bonds. The van der Waals surface area contributed by atoms with E-state index in [1.54, 1.807) is 18.2 Å². The number of halogens is 1. The summed E-state index contributed by atoms with van der Waals surface area (Å²) >= 11 is 2.02. The SMILES string of the molecule is COC(=O)C1=C(C(=O)OC)N(c2c(I)cccc2C(=O)OC)COC1. The number of hydrogen-bond donors (Lipinski definition) is 0. The molecule has 1 aliphatic rings. The first-order chi connectivity index (χ1) is 12.0. The van der Waals surface area contributed by atoms with Gasteiger partial charge < -0.3 is 23.8 Å². The van der Waals surface area contributed by atoms with E-state index in [0.29, 0.717) is 9.26 Å². The quantitative estimate of drug-likeness (QED) is 0.379. The summed E-state index contributed by atoms with van der Waals surface area (Å²) < 4.78 is 20.4. The summed E-state index contributed by atoms with van der Waals surface area (Å²) in [6.07, 6.45) is 0. The van der Waals surface area contributed by atoms with E-state index in [1.807, 2.05) is 22.6 Å². The zero-order valence-electron chi connectivity index (χ0n) is 13.8. The van der Waals surface area contributed by atoms with Crippen LogP contribution in [0, 0.1) is 3.57 Å². The average molecular weight is 461 g/mol. The lowest BCUT2D eigenvalue weighted by Gasteiger charge is -2.32. The number of ether oxygens (including phenoxy) is 4. The van der Waals surface area contributed by atoms with Crippen LogP contribution in [0.3, 0.4) is 0 Å². The average Bonchev–Trinajstić information content (AvgIpc) is 2.65. The summed E-state index contributed by atoms with van der Waals surface area (Å²) in [6, 6.07) is 5.00. The number of para-hydroxylation sites is 1. The number of carbonyl (C=O) groups is 3. The molecule has 1 aromatic rings. The Bertz CT molecular complexity index is 744. The molecule has 0 saturated carbocycles. The van der Waals surface area contributed by atoms with Crippen molar-refractivity contribution in [1.29, 1.82) is 0 Å². The lowest BCUT2D eigenvalue weighted by molar-refractivity contribution is -0.140. The van der Waals surface area contributed by atoms with E-state index in [4.69, 9.17) is 18.9 Å². The Labute approximate surface area is 157 Å². The van der Waals surface area contributed by atoms with Gasteiger partial charge in [0.2, 0.25) is 0 Å². The Morgan fingerprint density at radius 3 is 2.28 bits per heavy atom. The summed E-state index contributed by atoms with van der Waals surface area (Å²) in [7, 11) is 3.67. The molecule has 0 radical (unpaired) electrons. The van der Waals surface area contributed by atoms with Gasteiger partial charge in [-0.1, -0.05) is 6.07 Å². The van der Waals surface area contributed by atoms with Crippen LogP contribution in [-0.2, 0) is 28.5 Å². The van der Waals surface area contributed by atoms with Gasteiger partial charge >= 0.3 is 17.9 Å². The largest absolute Gasteiger partial charge is 0.466 e. The van der Waals surface area contributed by atoms with E-state index in [-0.39, 0.29) is 30.2 Å². The number of hydrogen-bond acceptors (Lipinski definition) is 8. The van der Waals surface area contributed by atoms with Gasteiger partial charge in [0.15, 0.2) is 0 Å². The zero-order chi connectivity index (χ0) is 18.6. The van der Waals surface area contributed by atoms with Gasteiger partial charge in [-0.15, -0.1) is 0 Å². The van der Waals surface area contributed by atoms with Crippen molar-refractivity contribution in [2.24, 2.45) is 0 Å². The van der Waals surface area contributed by atoms with E-state index in [2.05, 4.69) is 0 Å². The maximum atomic E-state index is 12.3. The molecule has 0 spiro atoms. The molecule has 0 atom stereocenters. The Hall–Kier alpha value is -2.14. The van der Waals surface area contributed by atoms with Gasteiger partial charge in [-0.05, 0) is 34.7 Å². The molecular formula is C16H16INO7. The summed E-state index contributed by atoms with van der Waals surface area (Å²) in [5.74, 6) is -2.03. The minimum Gasteiger partial charge on any atom is -0.466 e. The molecule has 1 aliphatic heterocycles. The highest BCUT2D eigenvalue weighted by molar-refractivity contribution is 14.1. The fourth-order valence-electron chi connectivity index (χ4n) is 2.38. The van der Waals surface area contributed by atoms with Gasteiger partial charge in [0.1, 0.15) is 12.4 Å². The summed E-state index contributed by atoms with van der Waals surface area (Å²) in [4.78, 5) is 37.9. The van der Waals surface area contributed by atoms with Crippen molar-refractivity contribution in [2.45, 2.75) is 0 Å². The van der Waals surface area contributed by atoms with Crippen molar-refractivity contribution < 1.29 is 33.3 Å². The number of nitrogens with zero attached hydrogens (tertiary/aromatic N) is 1. The third-order valence-electron chi connectivity index (χ3n) is 3.50. The van der Waals surface area contributed by atoms with E-state index < -0.39 is 17.9 Å². The van der Waals surface area contributed by atoms with Gasteiger partial charge in [-0.3, -0.25) is 0 Å². The standard InChI is InChI=1S/C16H16INO7/c1-22-14(19)9-5-4-6-11(17)12(9)18-8-25-7-10(15(20)23-2)13(18)16(21)24-3/h4-6H,7-8H2,1-3H3. The van der Waals surface area contributed by atoms with Crippen LogP contribution in [0.4, 0.5) is 5.69 Å². The van der Waals surface area contributed by atoms with E-state index >= 15 is 0 Å². The van der Waals surface area contributed by atoms with Crippen molar-refractivity contribution in [3.05, 3.63) is 38.6 Å². The third kappa shape index (κ3) is 3.76. The normalized spacial score (nSPS) is 14.2. The molecule has 0 bridgehead atoms. The van der Waals surface area contributed by atoms with Crippen LogP contribution in [0.1, 0.15) is 10.4 Å². The third-order valence-corrected chi connectivity index (χ3v) is 4.37. The maximum absolute atomic E-state index is 12.3. The van der Waals surface area contributed by atoms with Gasteiger partial charge in [0.25, 0.3) is 0 Å². The Morgan fingerprint density at radius 1 is 1.04 bits per heavy atom. The van der Waals surface area contributed by atoms with Crippen LogP contribution in [0.15, 0.2) is 29.5 Å². The second kappa shape index (κ2) is 8.30. The monoisotopic (exact) mass is 461 g/mol. The number of rotatable bonds is 4. The highest BCUT2D eigenvalue weighted by Crippen LogP contribution is 2.33. The molecule has 2 rings (SSSR count). The molecule has 0 aliphatic carbocycles. The molecule has 1 heterocycles. The first-order valence-electron chi connectivity index (χ1n) is 7.08. The topological polar surface area (TPSA) is 91.4 Å². The zero-order valence-corrected chi connectivity index (χ0v) is 16.0. The Kier molecular flexibility index (Phi) is 6.37. The highest BCUT2D eigenvalue weighted by atomic mass is 127. The van der Waals surface area contributed by atoms with Crippen molar-refractivity contribution in [3.8, 4) is 0 Å². The molecule has 8 nitrogen and oxygen atoms in total. The van der Waals surface area contributed by atoms with Crippen molar-refractivity contribution in [2.75, 3.05) is 39.6 Å². The Morgan fingerprint density at radius 2 is 1.68 bits per heavy atom. The predicted molar refractivity (Wildman–Crippen MR) is 94.9 cm³/mol. The summed E-state index contributed by atoms with van der Waals surface area (Å²) in [6.45, 7) is -0.153. The minimum atomic E-state index is -0.737. The van der Waals surface area contributed by atoms with Crippen LogP contribution >= 0.6 is 22.6 Å². The molecule has 9 heteroatoms. The molecule has 0 N–H and O–H groups in total. The van der Waals surface area contributed by atoms with E-state index in [9.17, 15) is 14.4 Å².